The Morgan fingerprint density at radius 1 is 1.25 bits per heavy atom. The Labute approximate surface area is 192 Å². The second-order valence-corrected chi connectivity index (χ2v) is 10.1. The summed E-state index contributed by atoms with van der Waals surface area (Å²) in [6.07, 6.45) is 5.96. The van der Waals surface area contributed by atoms with Crippen molar-refractivity contribution in [2.45, 2.75) is 37.9 Å². The molecule has 0 amide bonds. The number of hydrogen-bond donors (Lipinski definition) is 0. The molecule has 1 aliphatic rings. The van der Waals surface area contributed by atoms with Crippen LogP contribution in [0.5, 0.6) is 5.75 Å². The van der Waals surface area contributed by atoms with Crippen LogP contribution in [0.3, 0.4) is 0 Å². The molecule has 1 aliphatic heterocycles. The number of fused-ring (bicyclic) bond motifs is 1. The van der Waals surface area contributed by atoms with E-state index >= 15 is 0 Å². The summed E-state index contributed by atoms with van der Waals surface area (Å²) < 4.78 is 49.8. The van der Waals surface area contributed by atoms with Crippen molar-refractivity contribution in [3.8, 4) is 5.75 Å². The molecular formula is C23H23ClFN3O3S. The van der Waals surface area contributed by atoms with E-state index in [4.69, 9.17) is 16.3 Å². The van der Waals surface area contributed by atoms with Gasteiger partial charge in [0.05, 0.1) is 23.6 Å². The van der Waals surface area contributed by atoms with Gasteiger partial charge in [0.15, 0.2) is 5.03 Å². The van der Waals surface area contributed by atoms with Crippen molar-refractivity contribution in [2.75, 3.05) is 10.8 Å². The fourth-order valence-electron chi connectivity index (χ4n) is 3.44. The molecular weight excluding hydrogens is 453 g/mol. The van der Waals surface area contributed by atoms with Gasteiger partial charge in [-0.15, -0.1) is 0 Å². The summed E-state index contributed by atoms with van der Waals surface area (Å²) in [6, 6.07) is 9.75. The second kappa shape index (κ2) is 8.60. The molecule has 2 aromatic carbocycles. The molecule has 0 saturated carbocycles. The van der Waals surface area contributed by atoms with Gasteiger partial charge in [-0.1, -0.05) is 29.8 Å². The van der Waals surface area contributed by atoms with Crippen LogP contribution in [0.25, 0.3) is 12.2 Å². The molecule has 0 unspecified atom stereocenters. The molecule has 0 fully saturated rings. The predicted octanol–water partition coefficient (Wildman–Crippen LogP) is 5.40. The Balaban J connectivity index is 1.73. The highest BCUT2D eigenvalue weighted by Crippen LogP contribution is 2.38. The Bertz CT molecular complexity index is 1270. The maximum Gasteiger partial charge on any atom is 0.283 e. The standard InChI is InChI=1S/C23H23ClFN3O3S/c1-15(2)27-13-23(26-14-27)32(29,30)28-12-16(3)31-22-10-8-17(11-21(22)28)7-9-18-19(24)5-4-6-20(18)25/h4-11,13-16H,12H2,1-3H3/b9-7+/t16-/m0/s1. The molecule has 1 aromatic heterocycles. The Morgan fingerprint density at radius 2 is 2.03 bits per heavy atom. The van der Waals surface area contributed by atoms with Crippen LogP contribution in [-0.4, -0.2) is 30.6 Å². The van der Waals surface area contributed by atoms with E-state index in [2.05, 4.69) is 4.98 Å². The van der Waals surface area contributed by atoms with E-state index in [-0.39, 0.29) is 29.3 Å². The van der Waals surface area contributed by atoms with Crippen molar-refractivity contribution in [2.24, 2.45) is 0 Å². The third kappa shape index (κ3) is 4.25. The Hall–Kier alpha value is -2.84. The highest BCUT2D eigenvalue weighted by atomic mass is 35.5. The van der Waals surface area contributed by atoms with Gasteiger partial charge >= 0.3 is 0 Å². The van der Waals surface area contributed by atoms with Crippen molar-refractivity contribution < 1.29 is 17.5 Å². The third-order valence-corrected chi connectivity index (χ3v) is 7.17. The van der Waals surface area contributed by atoms with E-state index in [1.807, 2.05) is 20.8 Å². The molecule has 0 saturated heterocycles. The number of imidazole rings is 1. The first-order valence-corrected chi connectivity index (χ1v) is 12.0. The number of benzene rings is 2. The minimum absolute atomic E-state index is 0.0228. The van der Waals surface area contributed by atoms with Crippen LogP contribution in [0.4, 0.5) is 10.1 Å². The molecule has 9 heteroatoms. The molecule has 0 radical (unpaired) electrons. The summed E-state index contributed by atoms with van der Waals surface area (Å²) in [4.78, 5) is 4.12. The second-order valence-electron chi connectivity index (χ2n) is 7.91. The van der Waals surface area contributed by atoms with Crippen LogP contribution in [0.15, 0.2) is 53.9 Å². The van der Waals surface area contributed by atoms with E-state index in [1.165, 1.54) is 29.0 Å². The quantitative estimate of drug-likeness (QED) is 0.463. The van der Waals surface area contributed by atoms with E-state index in [9.17, 15) is 12.8 Å². The average Bonchev–Trinajstić information content (AvgIpc) is 3.24. The molecule has 0 bridgehead atoms. The van der Waals surface area contributed by atoms with Gasteiger partial charge in [0, 0.05) is 17.8 Å². The number of anilines is 1. The highest BCUT2D eigenvalue weighted by molar-refractivity contribution is 7.92. The van der Waals surface area contributed by atoms with Crippen LogP contribution in [0.1, 0.15) is 37.9 Å². The zero-order chi connectivity index (χ0) is 23.0. The van der Waals surface area contributed by atoms with Crippen LogP contribution in [0, 0.1) is 5.82 Å². The molecule has 0 spiro atoms. The zero-order valence-corrected chi connectivity index (χ0v) is 19.4. The lowest BCUT2D eigenvalue weighted by molar-refractivity contribution is 0.219. The summed E-state index contributed by atoms with van der Waals surface area (Å²) in [5, 5.41) is 0.270. The van der Waals surface area contributed by atoms with Crippen molar-refractivity contribution in [3.05, 3.63) is 70.9 Å². The SMILES string of the molecule is CC(C)n1cnc(S(=O)(=O)N2C[C@H](C)Oc3ccc(/C=C/c4c(F)cccc4Cl)cc32)c1. The molecule has 6 nitrogen and oxygen atoms in total. The number of halogens is 2. The fraction of sp³-hybridized carbons (Fsp3) is 0.261. The van der Waals surface area contributed by atoms with Crippen molar-refractivity contribution >= 4 is 39.5 Å². The number of rotatable bonds is 5. The highest BCUT2D eigenvalue weighted by Gasteiger charge is 2.34. The van der Waals surface area contributed by atoms with Gasteiger partial charge in [-0.3, -0.25) is 4.31 Å². The molecule has 168 valence electrons. The van der Waals surface area contributed by atoms with Gasteiger partial charge in [-0.05, 0) is 56.7 Å². The first-order chi connectivity index (χ1) is 15.2. The van der Waals surface area contributed by atoms with Gasteiger partial charge < -0.3 is 9.30 Å². The van der Waals surface area contributed by atoms with Gasteiger partial charge in [0.1, 0.15) is 17.7 Å². The number of sulfonamides is 1. The molecule has 2 heterocycles. The topological polar surface area (TPSA) is 64.4 Å². The summed E-state index contributed by atoms with van der Waals surface area (Å²) in [7, 11) is -3.90. The zero-order valence-electron chi connectivity index (χ0n) is 17.9. The first kappa shape index (κ1) is 22.4. The minimum atomic E-state index is -3.90. The number of ether oxygens (including phenoxy) is 1. The molecule has 0 N–H and O–H groups in total. The van der Waals surface area contributed by atoms with Gasteiger partial charge in [-0.2, -0.15) is 8.42 Å². The first-order valence-electron chi connectivity index (χ1n) is 10.2. The van der Waals surface area contributed by atoms with Crippen molar-refractivity contribution in [1.82, 2.24) is 9.55 Å². The molecule has 1 atom stereocenters. The molecule has 3 aromatic rings. The summed E-state index contributed by atoms with van der Waals surface area (Å²) in [6.45, 7) is 5.86. The smallest absolute Gasteiger partial charge is 0.283 e. The lowest BCUT2D eigenvalue weighted by atomic mass is 10.1. The summed E-state index contributed by atoms with van der Waals surface area (Å²) in [5.74, 6) is 0.0190. The maximum atomic E-state index is 14.1. The minimum Gasteiger partial charge on any atom is -0.487 e. The number of hydrogen-bond acceptors (Lipinski definition) is 4. The van der Waals surface area contributed by atoms with Crippen LogP contribution < -0.4 is 9.04 Å². The molecule has 0 aliphatic carbocycles. The third-order valence-electron chi connectivity index (χ3n) is 5.17. The Kier molecular flexibility index (Phi) is 6.01. The number of nitrogens with zero attached hydrogens (tertiary/aromatic N) is 3. The molecule has 32 heavy (non-hydrogen) atoms. The summed E-state index contributed by atoms with van der Waals surface area (Å²) in [5.41, 5.74) is 1.35. The lowest BCUT2D eigenvalue weighted by Gasteiger charge is -2.33. The maximum absolute atomic E-state index is 14.1. The van der Waals surface area contributed by atoms with E-state index in [0.717, 1.165) is 0 Å². The summed E-state index contributed by atoms with van der Waals surface area (Å²) >= 11 is 6.09. The lowest BCUT2D eigenvalue weighted by Crippen LogP contribution is -2.42. The molecule has 4 rings (SSSR count). The van der Waals surface area contributed by atoms with E-state index in [0.29, 0.717) is 22.0 Å². The van der Waals surface area contributed by atoms with Crippen LogP contribution in [-0.2, 0) is 10.0 Å². The number of aromatic nitrogens is 2. The average molecular weight is 476 g/mol. The van der Waals surface area contributed by atoms with Crippen LogP contribution in [0.2, 0.25) is 5.02 Å². The Morgan fingerprint density at radius 3 is 2.72 bits per heavy atom. The van der Waals surface area contributed by atoms with E-state index < -0.39 is 15.8 Å². The fourth-order valence-corrected chi connectivity index (χ4v) is 5.14. The van der Waals surface area contributed by atoms with Gasteiger partial charge in [0.2, 0.25) is 0 Å². The van der Waals surface area contributed by atoms with Crippen molar-refractivity contribution in [3.63, 3.8) is 0 Å². The largest absolute Gasteiger partial charge is 0.487 e. The van der Waals surface area contributed by atoms with Gasteiger partial charge in [0.25, 0.3) is 10.0 Å². The normalized spacial score (nSPS) is 16.4. The van der Waals surface area contributed by atoms with Crippen LogP contribution >= 0.6 is 11.6 Å². The monoisotopic (exact) mass is 475 g/mol. The van der Waals surface area contributed by atoms with Crippen molar-refractivity contribution in [1.29, 1.82) is 0 Å². The van der Waals surface area contributed by atoms with E-state index in [1.54, 1.807) is 41.0 Å². The predicted molar refractivity (Wildman–Crippen MR) is 124 cm³/mol. The van der Waals surface area contributed by atoms with Gasteiger partial charge in [-0.25, -0.2) is 9.37 Å².